The van der Waals surface area contributed by atoms with Crippen molar-refractivity contribution in [3.05, 3.63) is 30.1 Å². The second-order valence-electron chi connectivity index (χ2n) is 7.39. The van der Waals surface area contributed by atoms with Crippen molar-refractivity contribution in [1.82, 2.24) is 19.8 Å². The molecule has 0 radical (unpaired) electrons. The van der Waals surface area contributed by atoms with Gasteiger partial charge in [0.15, 0.2) is 0 Å². The third kappa shape index (κ3) is 5.31. The molecule has 1 saturated heterocycles. The number of para-hydroxylation sites is 2. The predicted octanol–water partition coefficient (Wildman–Crippen LogP) is 3.28. The molecule has 1 amide bonds. The van der Waals surface area contributed by atoms with Crippen molar-refractivity contribution in [1.29, 1.82) is 0 Å². The summed E-state index contributed by atoms with van der Waals surface area (Å²) in [5.74, 6) is 1.27. The van der Waals surface area contributed by atoms with Gasteiger partial charge >= 0.3 is 0 Å². The van der Waals surface area contributed by atoms with E-state index in [1.807, 2.05) is 18.2 Å². The largest absolute Gasteiger partial charge is 0.356 e. The molecule has 142 valence electrons. The molecule has 1 aromatic heterocycles. The van der Waals surface area contributed by atoms with E-state index in [-0.39, 0.29) is 5.91 Å². The van der Waals surface area contributed by atoms with Gasteiger partial charge in [-0.15, -0.1) is 0 Å². The van der Waals surface area contributed by atoms with E-state index < -0.39 is 0 Å². The molecule has 26 heavy (non-hydrogen) atoms. The molecule has 1 aliphatic rings. The third-order valence-corrected chi connectivity index (χ3v) is 5.36. The van der Waals surface area contributed by atoms with E-state index in [2.05, 4.69) is 32.9 Å². The highest BCUT2D eigenvalue weighted by Gasteiger charge is 2.10. The number of hydrogen-bond donors (Lipinski definition) is 1. The number of nitrogens with zero attached hydrogens (tertiary/aromatic N) is 3. The zero-order valence-corrected chi connectivity index (χ0v) is 16.0. The Labute approximate surface area is 156 Å². The van der Waals surface area contributed by atoms with Crippen LogP contribution >= 0.6 is 0 Å². The second-order valence-corrected chi connectivity index (χ2v) is 7.39. The van der Waals surface area contributed by atoms with Gasteiger partial charge in [0, 0.05) is 26.4 Å². The molecule has 0 atom stereocenters. The average molecular weight is 357 g/mol. The SMILES string of the molecule is Cn1c(CCCNC(=O)CCCN2CCCCCC2)nc2ccccc21. The smallest absolute Gasteiger partial charge is 0.220 e. The van der Waals surface area contributed by atoms with Crippen LogP contribution in [-0.4, -0.2) is 46.5 Å². The maximum absolute atomic E-state index is 12.0. The summed E-state index contributed by atoms with van der Waals surface area (Å²) in [6.07, 6.45) is 8.78. The monoisotopic (exact) mass is 356 g/mol. The minimum atomic E-state index is 0.185. The van der Waals surface area contributed by atoms with E-state index in [9.17, 15) is 4.79 Å². The van der Waals surface area contributed by atoms with Gasteiger partial charge in [0.2, 0.25) is 5.91 Å². The number of imidazole rings is 1. The van der Waals surface area contributed by atoms with Gasteiger partial charge in [0.05, 0.1) is 11.0 Å². The molecule has 0 unspecified atom stereocenters. The Morgan fingerprint density at radius 2 is 1.88 bits per heavy atom. The standard InChI is InChI=1S/C21H32N4O/c1-24-19-11-5-4-10-18(19)23-20(24)12-8-14-22-21(26)13-9-17-25-15-6-2-3-7-16-25/h4-5,10-11H,2-3,6-9,12-17H2,1H3,(H,22,26). The zero-order chi connectivity index (χ0) is 18.2. The summed E-state index contributed by atoms with van der Waals surface area (Å²) >= 11 is 0. The number of aryl methyl sites for hydroxylation is 2. The molecular formula is C21H32N4O. The number of fused-ring (bicyclic) bond motifs is 1. The van der Waals surface area contributed by atoms with Gasteiger partial charge in [-0.1, -0.05) is 25.0 Å². The van der Waals surface area contributed by atoms with Gasteiger partial charge in [0.25, 0.3) is 0 Å². The summed E-state index contributed by atoms with van der Waals surface area (Å²) in [6.45, 7) is 4.21. The lowest BCUT2D eigenvalue weighted by Gasteiger charge is -2.19. The molecule has 5 heteroatoms. The third-order valence-electron chi connectivity index (χ3n) is 5.36. The Morgan fingerprint density at radius 1 is 1.12 bits per heavy atom. The van der Waals surface area contributed by atoms with Crippen LogP contribution in [0.2, 0.25) is 0 Å². The summed E-state index contributed by atoms with van der Waals surface area (Å²) in [6, 6.07) is 8.20. The first-order valence-corrected chi connectivity index (χ1v) is 10.1. The fraction of sp³-hybridized carbons (Fsp3) is 0.619. The normalized spacial score (nSPS) is 15.9. The van der Waals surface area contributed by atoms with Crippen molar-refractivity contribution >= 4 is 16.9 Å². The van der Waals surface area contributed by atoms with Crippen LogP contribution < -0.4 is 5.32 Å². The second kappa shape index (κ2) is 9.72. The van der Waals surface area contributed by atoms with Crippen molar-refractivity contribution in [3.63, 3.8) is 0 Å². The van der Waals surface area contributed by atoms with Crippen LogP contribution in [0.3, 0.4) is 0 Å². The van der Waals surface area contributed by atoms with Crippen LogP contribution in [-0.2, 0) is 18.3 Å². The summed E-state index contributed by atoms with van der Waals surface area (Å²) in [4.78, 5) is 19.2. The topological polar surface area (TPSA) is 50.2 Å². The number of amides is 1. The summed E-state index contributed by atoms with van der Waals surface area (Å²) in [7, 11) is 2.06. The minimum Gasteiger partial charge on any atom is -0.356 e. The molecule has 0 aliphatic carbocycles. The van der Waals surface area contributed by atoms with Gasteiger partial charge in [-0.2, -0.15) is 0 Å². The van der Waals surface area contributed by atoms with Gasteiger partial charge in [-0.05, 0) is 57.5 Å². The molecule has 5 nitrogen and oxygen atoms in total. The van der Waals surface area contributed by atoms with Crippen molar-refractivity contribution in [2.75, 3.05) is 26.2 Å². The first kappa shape index (κ1) is 18.9. The highest BCUT2D eigenvalue weighted by molar-refractivity contribution is 5.76. The van der Waals surface area contributed by atoms with E-state index in [0.29, 0.717) is 6.42 Å². The molecule has 3 rings (SSSR count). The summed E-state index contributed by atoms with van der Waals surface area (Å²) < 4.78 is 2.15. The first-order chi connectivity index (χ1) is 12.7. The molecule has 0 bridgehead atoms. The number of likely N-dealkylation sites (tertiary alicyclic amines) is 1. The average Bonchev–Trinajstić information content (AvgIpc) is 2.82. The summed E-state index contributed by atoms with van der Waals surface area (Å²) in [5.41, 5.74) is 2.21. The maximum atomic E-state index is 12.0. The van der Waals surface area contributed by atoms with Crippen molar-refractivity contribution in [3.8, 4) is 0 Å². The van der Waals surface area contributed by atoms with Crippen molar-refractivity contribution < 1.29 is 4.79 Å². The van der Waals surface area contributed by atoms with Crippen molar-refractivity contribution in [2.45, 2.75) is 51.4 Å². The number of rotatable bonds is 8. The van der Waals surface area contributed by atoms with Crippen LogP contribution in [0.4, 0.5) is 0 Å². The quantitative estimate of drug-likeness (QED) is 0.739. The number of carbonyl (C=O) groups excluding carboxylic acids is 1. The van der Waals surface area contributed by atoms with E-state index in [0.717, 1.165) is 43.7 Å². The van der Waals surface area contributed by atoms with Crippen LogP contribution in [0.5, 0.6) is 0 Å². The lowest BCUT2D eigenvalue weighted by molar-refractivity contribution is -0.121. The lowest BCUT2D eigenvalue weighted by atomic mass is 10.2. The van der Waals surface area contributed by atoms with Gasteiger partial charge in [0.1, 0.15) is 5.82 Å². The maximum Gasteiger partial charge on any atom is 0.220 e. The number of nitrogens with one attached hydrogen (secondary N) is 1. The van der Waals surface area contributed by atoms with Crippen molar-refractivity contribution in [2.24, 2.45) is 7.05 Å². The predicted molar refractivity (Wildman–Crippen MR) is 106 cm³/mol. The van der Waals surface area contributed by atoms with E-state index >= 15 is 0 Å². The van der Waals surface area contributed by atoms with E-state index in [1.165, 1.54) is 44.3 Å². The Balaban J connectivity index is 1.31. The van der Waals surface area contributed by atoms with Gasteiger partial charge < -0.3 is 14.8 Å². The number of carbonyl (C=O) groups is 1. The first-order valence-electron chi connectivity index (χ1n) is 10.1. The molecule has 1 fully saturated rings. The molecular weight excluding hydrogens is 324 g/mol. The Morgan fingerprint density at radius 3 is 2.65 bits per heavy atom. The molecule has 0 spiro atoms. The van der Waals surface area contributed by atoms with Gasteiger partial charge in [-0.25, -0.2) is 4.98 Å². The Kier molecular flexibility index (Phi) is 7.06. The number of aromatic nitrogens is 2. The summed E-state index contributed by atoms with van der Waals surface area (Å²) in [5, 5.41) is 3.06. The molecule has 0 saturated carbocycles. The zero-order valence-electron chi connectivity index (χ0n) is 16.0. The van der Waals surface area contributed by atoms with Crippen LogP contribution in [0.1, 0.15) is 50.8 Å². The molecule has 1 N–H and O–H groups in total. The fourth-order valence-electron chi connectivity index (χ4n) is 3.80. The van der Waals surface area contributed by atoms with Crippen LogP contribution in [0, 0.1) is 0 Å². The highest BCUT2D eigenvalue weighted by atomic mass is 16.1. The minimum absolute atomic E-state index is 0.185. The van der Waals surface area contributed by atoms with E-state index in [4.69, 9.17) is 0 Å². The number of benzene rings is 1. The molecule has 2 aromatic rings. The lowest BCUT2D eigenvalue weighted by Crippen LogP contribution is -2.29. The van der Waals surface area contributed by atoms with Crippen LogP contribution in [0.25, 0.3) is 11.0 Å². The number of hydrogen-bond acceptors (Lipinski definition) is 3. The molecule has 2 heterocycles. The molecule has 1 aromatic carbocycles. The highest BCUT2D eigenvalue weighted by Crippen LogP contribution is 2.15. The molecule has 1 aliphatic heterocycles. The Hall–Kier alpha value is -1.88. The Bertz CT molecular complexity index is 701. The fourth-order valence-corrected chi connectivity index (χ4v) is 3.80. The van der Waals surface area contributed by atoms with Gasteiger partial charge in [-0.3, -0.25) is 4.79 Å². The van der Waals surface area contributed by atoms with E-state index in [1.54, 1.807) is 0 Å². The van der Waals surface area contributed by atoms with Crippen LogP contribution in [0.15, 0.2) is 24.3 Å².